The van der Waals surface area contributed by atoms with E-state index in [2.05, 4.69) is 66.0 Å². The number of hydrogen-bond acceptors (Lipinski definition) is 1. The Kier molecular flexibility index (Phi) is 3.30. The lowest BCUT2D eigenvalue weighted by molar-refractivity contribution is 0.718. The summed E-state index contributed by atoms with van der Waals surface area (Å²) in [6, 6.07) is 25.0. The molecule has 2 aromatic rings. The largest absolute Gasteiger partial charge is 0.317 e. The van der Waals surface area contributed by atoms with Crippen LogP contribution in [-0.2, 0) is 0 Å². The zero-order valence-electron chi connectivity index (χ0n) is 10.6. The maximum absolute atomic E-state index is 3.51. The Labute approximate surface area is 110 Å². The van der Waals surface area contributed by atoms with Crippen molar-refractivity contribution < 1.29 is 0 Å². The van der Waals surface area contributed by atoms with Gasteiger partial charge in [-0.15, -0.1) is 0 Å². The fourth-order valence-electron chi connectivity index (χ4n) is 3.11. The molecule has 0 aliphatic carbocycles. The second kappa shape index (κ2) is 5.08. The van der Waals surface area contributed by atoms with E-state index in [1.54, 1.807) is 10.4 Å². The lowest BCUT2D eigenvalue weighted by atomic mass is 10.4. The average Bonchev–Trinajstić information content (AvgIpc) is 2.50. The minimum Gasteiger partial charge on any atom is -0.317 e. The van der Waals surface area contributed by atoms with Crippen LogP contribution in [0.1, 0.15) is 0 Å². The third-order valence-corrected chi connectivity index (χ3v) is 9.19. The van der Waals surface area contributed by atoms with Gasteiger partial charge in [0.05, 0.1) is 0 Å². The molecule has 1 aliphatic rings. The Bertz CT molecular complexity index is 448. The Morgan fingerprint density at radius 1 is 0.667 bits per heavy atom. The van der Waals surface area contributed by atoms with Gasteiger partial charge in [-0.05, 0) is 25.2 Å². The molecule has 1 N–H and O–H groups in total. The van der Waals surface area contributed by atoms with Crippen molar-refractivity contribution in [2.24, 2.45) is 0 Å². The van der Waals surface area contributed by atoms with Crippen LogP contribution in [-0.4, -0.2) is 21.2 Å². The third-order valence-electron chi connectivity index (χ3n) is 4.11. The maximum atomic E-state index is 3.51. The molecular weight excluding hydrogens is 234 g/mol. The lowest BCUT2D eigenvalue weighted by Crippen LogP contribution is -2.62. The maximum Gasteiger partial charge on any atom is 0.120 e. The summed E-state index contributed by atoms with van der Waals surface area (Å²) in [5.74, 6) is 0. The highest BCUT2D eigenvalue weighted by Crippen LogP contribution is 2.18. The van der Waals surface area contributed by atoms with E-state index < -0.39 is 8.07 Å². The smallest absolute Gasteiger partial charge is 0.120 e. The molecular formula is C16H19NSi. The summed E-state index contributed by atoms with van der Waals surface area (Å²) < 4.78 is 0. The molecule has 1 saturated heterocycles. The molecule has 2 aromatic carbocycles. The number of hydrogen-bond donors (Lipinski definition) is 1. The van der Waals surface area contributed by atoms with Crippen LogP contribution in [0.5, 0.6) is 0 Å². The van der Waals surface area contributed by atoms with E-state index in [-0.39, 0.29) is 0 Å². The van der Waals surface area contributed by atoms with Crippen molar-refractivity contribution in [3.63, 3.8) is 0 Å². The summed E-state index contributed by atoms with van der Waals surface area (Å²) >= 11 is 0. The van der Waals surface area contributed by atoms with Crippen LogP contribution in [0.15, 0.2) is 60.7 Å². The first-order chi connectivity index (χ1) is 8.92. The van der Waals surface area contributed by atoms with Gasteiger partial charge in [0.1, 0.15) is 8.07 Å². The van der Waals surface area contributed by atoms with Crippen molar-refractivity contribution in [1.82, 2.24) is 5.32 Å². The highest BCUT2D eigenvalue weighted by molar-refractivity contribution is 7.02. The molecule has 0 unspecified atom stereocenters. The van der Waals surface area contributed by atoms with E-state index in [0.29, 0.717) is 0 Å². The van der Waals surface area contributed by atoms with Gasteiger partial charge in [-0.2, -0.15) is 0 Å². The molecule has 0 aromatic heterocycles. The first-order valence-corrected chi connectivity index (χ1v) is 9.15. The topological polar surface area (TPSA) is 12.0 Å². The van der Waals surface area contributed by atoms with Crippen molar-refractivity contribution in [2.45, 2.75) is 12.1 Å². The summed E-state index contributed by atoms with van der Waals surface area (Å²) in [5, 5.41) is 6.70. The molecule has 1 fully saturated rings. The second-order valence-electron chi connectivity index (χ2n) is 5.06. The second-order valence-corrected chi connectivity index (χ2v) is 9.38. The molecule has 0 spiro atoms. The standard InChI is InChI=1S/C16H19NSi/c1-3-7-15(8-4-1)18(13-11-17-12-14-18)16-9-5-2-6-10-16/h1-10,17H,11-14H2. The zero-order valence-corrected chi connectivity index (χ0v) is 11.6. The first kappa shape index (κ1) is 11.7. The highest BCUT2D eigenvalue weighted by Gasteiger charge is 2.37. The van der Waals surface area contributed by atoms with Gasteiger partial charge in [-0.25, -0.2) is 0 Å². The van der Waals surface area contributed by atoms with Crippen molar-refractivity contribution in [3.05, 3.63) is 60.7 Å². The van der Waals surface area contributed by atoms with Gasteiger partial charge in [-0.3, -0.25) is 0 Å². The van der Waals surface area contributed by atoms with Gasteiger partial charge in [-0.1, -0.05) is 71.0 Å². The molecule has 0 bridgehead atoms. The van der Waals surface area contributed by atoms with E-state index in [4.69, 9.17) is 0 Å². The highest BCUT2D eigenvalue weighted by atomic mass is 28.3. The molecule has 18 heavy (non-hydrogen) atoms. The third kappa shape index (κ3) is 2.02. The molecule has 2 heteroatoms. The Morgan fingerprint density at radius 3 is 1.56 bits per heavy atom. The van der Waals surface area contributed by atoms with Crippen LogP contribution in [0.2, 0.25) is 12.1 Å². The molecule has 0 radical (unpaired) electrons. The fraction of sp³-hybridized carbons (Fsp3) is 0.250. The van der Waals surface area contributed by atoms with Crippen LogP contribution in [0, 0.1) is 0 Å². The number of benzene rings is 2. The van der Waals surface area contributed by atoms with Crippen molar-refractivity contribution >= 4 is 18.4 Å². The molecule has 0 amide bonds. The fourth-order valence-corrected chi connectivity index (χ4v) is 7.72. The summed E-state index contributed by atoms with van der Waals surface area (Å²) in [4.78, 5) is 0. The van der Waals surface area contributed by atoms with Gasteiger partial charge in [0.2, 0.25) is 0 Å². The van der Waals surface area contributed by atoms with Crippen LogP contribution in [0.3, 0.4) is 0 Å². The minimum absolute atomic E-state index is 1.16. The van der Waals surface area contributed by atoms with E-state index >= 15 is 0 Å². The predicted molar refractivity (Wildman–Crippen MR) is 80.4 cm³/mol. The Balaban J connectivity index is 2.10. The summed E-state index contributed by atoms with van der Waals surface area (Å²) in [7, 11) is -1.50. The van der Waals surface area contributed by atoms with Crippen LogP contribution in [0.4, 0.5) is 0 Å². The van der Waals surface area contributed by atoms with Crippen molar-refractivity contribution in [1.29, 1.82) is 0 Å². The summed E-state index contributed by atoms with van der Waals surface area (Å²) in [6.45, 7) is 2.33. The van der Waals surface area contributed by atoms with Gasteiger partial charge < -0.3 is 5.32 Å². The van der Waals surface area contributed by atoms with Crippen molar-refractivity contribution in [3.8, 4) is 0 Å². The summed E-state index contributed by atoms with van der Waals surface area (Å²) in [5.41, 5.74) is 0. The molecule has 0 saturated carbocycles. The van der Waals surface area contributed by atoms with Gasteiger partial charge in [0, 0.05) is 0 Å². The number of nitrogens with one attached hydrogen (secondary N) is 1. The quantitative estimate of drug-likeness (QED) is 0.806. The van der Waals surface area contributed by atoms with Gasteiger partial charge in [0.25, 0.3) is 0 Å². The van der Waals surface area contributed by atoms with Crippen LogP contribution < -0.4 is 15.7 Å². The molecule has 0 atom stereocenters. The Morgan fingerprint density at radius 2 is 1.11 bits per heavy atom. The van der Waals surface area contributed by atoms with Crippen LogP contribution >= 0.6 is 0 Å². The Hall–Kier alpha value is -1.38. The molecule has 92 valence electrons. The lowest BCUT2D eigenvalue weighted by Gasteiger charge is -2.36. The van der Waals surface area contributed by atoms with E-state index in [0.717, 1.165) is 13.1 Å². The van der Waals surface area contributed by atoms with E-state index in [1.807, 2.05) is 0 Å². The molecule has 3 rings (SSSR count). The predicted octanol–water partition coefficient (Wildman–Crippen LogP) is 1.85. The van der Waals surface area contributed by atoms with Gasteiger partial charge in [0.15, 0.2) is 0 Å². The minimum atomic E-state index is -1.50. The van der Waals surface area contributed by atoms with Gasteiger partial charge >= 0.3 is 0 Å². The van der Waals surface area contributed by atoms with E-state index in [1.165, 1.54) is 12.1 Å². The monoisotopic (exact) mass is 253 g/mol. The molecule has 1 aliphatic heterocycles. The SMILES string of the molecule is c1ccc([Si]2(c3ccccc3)CCNCC2)cc1. The van der Waals surface area contributed by atoms with Crippen molar-refractivity contribution in [2.75, 3.05) is 13.1 Å². The first-order valence-electron chi connectivity index (χ1n) is 6.74. The summed E-state index contributed by atoms with van der Waals surface area (Å²) in [6.07, 6.45) is 0. The normalized spacial score (nSPS) is 18.4. The molecule has 1 heterocycles. The number of rotatable bonds is 2. The average molecular weight is 253 g/mol. The zero-order chi connectivity index (χ0) is 12.3. The van der Waals surface area contributed by atoms with Crippen LogP contribution in [0.25, 0.3) is 0 Å². The molecule has 1 nitrogen and oxygen atoms in total. The van der Waals surface area contributed by atoms with E-state index in [9.17, 15) is 0 Å².